The predicted octanol–water partition coefficient (Wildman–Crippen LogP) is 4.93. The van der Waals surface area contributed by atoms with Gasteiger partial charge in [-0.25, -0.2) is 0 Å². The summed E-state index contributed by atoms with van der Waals surface area (Å²) in [5.74, 6) is -1.52. The largest absolute Gasteiger partial charge is 0.494 e. The van der Waals surface area contributed by atoms with Gasteiger partial charge in [0.15, 0.2) is 0 Å². The molecule has 0 aliphatic heterocycles. The van der Waals surface area contributed by atoms with Crippen LogP contribution < -0.4 is 26.4 Å². The van der Waals surface area contributed by atoms with E-state index in [4.69, 9.17) is 22.1 Å². The van der Waals surface area contributed by atoms with Gasteiger partial charge >= 0.3 is 0 Å². The molecule has 0 heterocycles. The normalized spacial score (nSPS) is 12.1. The highest BCUT2D eigenvalue weighted by atomic mass is 35.5. The molecule has 2 atom stereocenters. The van der Waals surface area contributed by atoms with E-state index in [1.807, 2.05) is 67.6 Å². The van der Waals surface area contributed by atoms with Crippen LogP contribution in [0.1, 0.15) is 51.4 Å². The molecule has 9 heteroatoms. The van der Waals surface area contributed by atoms with E-state index in [1.165, 1.54) is 0 Å². The van der Waals surface area contributed by atoms with E-state index in [-0.39, 0.29) is 37.4 Å². The van der Waals surface area contributed by atoms with Gasteiger partial charge in [-0.3, -0.25) is 14.4 Å². The minimum atomic E-state index is -0.707. The maximum atomic E-state index is 13.7. The number of amides is 3. The molecule has 4 rings (SSSR count). The molecule has 44 heavy (non-hydrogen) atoms. The Balaban J connectivity index is 1.48. The van der Waals surface area contributed by atoms with Crippen molar-refractivity contribution in [1.82, 2.24) is 16.0 Å². The summed E-state index contributed by atoms with van der Waals surface area (Å²) in [5, 5.41) is 9.37. The number of rotatable bonds is 14. The molecule has 0 fully saturated rings. The summed E-state index contributed by atoms with van der Waals surface area (Å²) in [6.07, 6.45) is 0. The zero-order valence-electron chi connectivity index (χ0n) is 24.6. The van der Waals surface area contributed by atoms with E-state index < -0.39 is 11.8 Å². The number of nitrogens with one attached hydrogen (secondary N) is 3. The first kappa shape index (κ1) is 32.3. The smallest absolute Gasteiger partial charge is 0.251 e. The molecule has 8 nitrogen and oxygen atoms in total. The number of nitrogens with two attached hydrogens (primary N) is 1. The summed E-state index contributed by atoms with van der Waals surface area (Å²) in [7, 11) is 0. The number of benzene rings is 4. The Kier molecular flexibility index (Phi) is 11.9. The van der Waals surface area contributed by atoms with Crippen LogP contribution in [0.2, 0.25) is 5.02 Å². The minimum Gasteiger partial charge on any atom is -0.494 e. The highest BCUT2D eigenvalue weighted by Gasteiger charge is 2.26. The van der Waals surface area contributed by atoms with E-state index >= 15 is 0 Å². The molecule has 0 aromatic heterocycles. The lowest BCUT2D eigenvalue weighted by atomic mass is 9.95. The van der Waals surface area contributed by atoms with Crippen molar-refractivity contribution < 1.29 is 19.1 Å². The SMILES string of the molecule is CCOc1ccc([C@@H](CNC(=O)c2ccccc2)C(=O)NC[C@H](C(=O)NCc2ccc(CN)c(Cl)c2)c2ccccc2)cc1. The van der Waals surface area contributed by atoms with Gasteiger partial charge in [0.2, 0.25) is 11.8 Å². The van der Waals surface area contributed by atoms with E-state index in [9.17, 15) is 14.4 Å². The molecule has 4 aromatic carbocycles. The van der Waals surface area contributed by atoms with Gasteiger partial charge in [-0.1, -0.05) is 84.4 Å². The average molecular weight is 613 g/mol. The number of carbonyl (C=O) groups excluding carboxylic acids is 3. The van der Waals surface area contributed by atoms with Gasteiger partial charge in [-0.15, -0.1) is 0 Å². The van der Waals surface area contributed by atoms with Crippen molar-refractivity contribution in [2.75, 3.05) is 19.7 Å². The topological polar surface area (TPSA) is 123 Å². The standard InChI is InChI=1S/C35H37ClN4O4/c1-2-44-29-17-15-26(16-18-29)31(22-39-33(41)27-11-7-4-8-12-27)35(43)40-23-30(25-9-5-3-6-10-25)34(42)38-21-24-13-14-28(20-37)32(36)19-24/h3-19,30-31H,2,20-23,37H2,1H3,(H,38,42)(H,39,41)(H,40,43)/t30-,31+/m0/s1. The molecule has 0 unspecified atom stereocenters. The van der Waals surface area contributed by atoms with Crippen molar-refractivity contribution in [3.8, 4) is 5.75 Å². The van der Waals surface area contributed by atoms with E-state index in [0.717, 1.165) is 16.7 Å². The van der Waals surface area contributed by atoms with Gasteiger partial charge < -0.3 is 26.4 Å². The van der Waals surface area contributed by atoms with Crippen LogP contribution in [-0.2, 0) is 22.7 Å². The van der Waals surface area contributed by atoms with Crippen LogP contribution in [0, 0.1) is 0 Å². The molecule has 0 spiro atoms. The third kappa shape index (κ3) is 8.92. The number of hydrogen-bond acceptors (Lipinski definition) is 5. The summed E-state index contributed by atoms with van der Waals surface area (Å²) in [4.78, 5) is 39.9. The van der Waals surface area contributed by atoms with Crippen molar-refractivity contribution in [2.45, 2.75) is 31.8 Å². The second-order valence-electron chi connectivity index (χ2n) is 10.2. The van der Waals surface area contributed by atoms with Crippen molar-refractivity contribution >= 4 is 29.3 Å². The highest BCUT2D eigenvalue weighted by molar-refractivity contribution is 6.31. The summed E-state index contributed by atoms with van der Waals surface area (Å²) < 4.78 is 5.56. The summed E-state index contributed by atoms with van der Waals surface area (Å²) in [6, 6.07) is 30.8. The Hall–Kier alpha value is -4.66. The van der Waals surface area contributed by atoms with Crippen LogP contribution in [0.25, 0.3) is 0 Å². The number of carbonyl (C=O) groups is 3. The van der Waals surface area contributed by atoms with Crippen LogP contribution in [0.5, 0.6) is 5.75 Å². The van der Waals surface area contributed by atoms with E-state index in [2.05, 4.69) is 16.0 Å². The number of hydrogen-bond donors (Lipinski definition) is 4. The van der Waals surface area contributed by atoms with Crippen molar-refractivity contribution in [2.24, 2.45) is 5.73 Å². The minimum absolute atomic E-state index is 0.0573. The second kappa shape index (κ2) is 16.3. The van der Waals surface area contributed by atoms with Gasteiger partial charge in [0.25, 0.3) is 5.91 Å². The first-order valence-corrected chi connectivity index (χ1v) is 14.9. The Bertz CT molecular complexity index is 1530. The zero-order chi connectivity index (χ0) is 31.3. The lowest BCUT2D eigenvalue weighted by molar-refractivity contribution is -0.124. The van der Waals surface area contributed by atoms with E-state index in [0.29, 0.717) is 35.1 Å². The van der Waals surface area contributed by atoms with E-state index in [1.54, 1.807) is 42.5 Å². The van der Waals surface area contributed by atoms with Gasteiger partial charge in [0.05, 0.1) is 18.4 Å². The first-order chi connectivity index (χ1) is 21.4. The van der Waals surface area contributed by atoms with Gasteiger partial charge in [0.1, 0.15) is 5.75 Å². The molecule has 3 amide bonds. The third-order valence-corrected chi connectivity index (χ3v) is 7.57. The quantitative estimate of drug-likeness (QED) is 0.161. The molecule has 5 N–H and O–H groups in total. The van der Waals surface area contributed by atoms with Crippen molar-refractivity contribution in [1.29, 1.82) is 0 Å². The molecule has 228 valence electrons. The molecule has 0 radical (unpaired) electrons. The highest BCUT2D eigenvalue weighted by Crippen LogP contribution is 2.22. The monoisotopic (exact) mass is 612 g/mol. The summed E-state index contributed by atoms with van der Waals surface area (Å²) >= 11 is 6.30. The third-order valence-electron chi connectivity index (χ3n) is 7.22. The van der Waals surface area contributed by atoms with Crippen LogP contribution in [0.4, 0.5) is 0 Å². The molecule has 0 bridgehead atoms. The van der Waals surface area contributed by atoms with Crippen LogP contribution in [0.3, 0.4) is 0 Å². The summed E-state index contributed by atoms with van der Waals surface area (Å²) in [5.41, 5.74) is 9.33. The average Bonchev–Trinajstić information content (AvgIpc) is 3.05. The summed E-state index contributed by atoms with van der Waals surface area (Å²) in [6.45, 7) is 3.13. The molecular formula is C35H37ClN4O4. The van der Waals surface area contributed by atoms with Gasteiger partial charge in [-0.2, -0.15) is 0 Å². The molecule has 0 saturated carbocycles. The van der Waals surface area contributed by atoms with Gasteiger partial charge in [-0.05, 0) is 59.5 Å². The molecular weight excluding hydrogens is 576 g/mol. The molecule has 0 aliphatic carbocycles. The number of halogens is 1. The second-order valence-corrected chi connectivity index (χ2v) is 10.6. The molecule has 0 saturated heterocycles. The van der Waals surface area contributed by atoms with Crippen LogP contribution in [-0.4, -0.2) is 37.4 Å². The Morgan fingerprint density at radius 1 is 0.750 bits per heavy atom. The Labute approximate surface area is 263 Å². The van der Waals surface area contributed by atoms with Crippen LogP contribution in [0.15, 0.2) is 103 Å². The maximum Gasteiger partial charge on any atom is 0.251 e. The maximum absolute atomic E-state index is 13.7. The fourth-order valence-corrected chi connectivity index (χ4v) is 5.04. The number of ether oxygens (including phenoxy) is 1. The van der Waals surface area contributed by atoms with Crippen molar-refractivity contribution in [3.05, 3.63) is 136 Å². The Morgan fingerprint density at radius 2 is 1.34 bits per heavy atom. The Morgan fingerprint density at radius 3 is 1.95 bits per heavy atom. The van der Waals surface area contributed by atoms with Crippen LogP contribution >= 0.6 is 11.6 Å². The molecule has 4 aromatic rings. The lowest BCUT2D eigenvalue weighted by Gasteiger charge is -2.22. The lowest BCUT2D eigenvalue weighted by Crippen LogP contribution is -2.41. The van der Waals surface area contributed by atoms with Gasteiger partial charge in [0, 0.05) is 36.8 Å². The first-order valence-electron chi connectivity index (χ1n) is 14.5. The fourth-order valence-electron chi connectivity index (χ4n) is 4.76. The predicted molar refractivity (Wildman–Crippen MR) is 173 cm³/mol. The fraction of sp³-hybridized carbons (Fsp3) is 0.229. The molecule has 0 aliphatic rings. The zero-order valence-corrected chi connectivity index (χ0v) is 25.3. The van der Waals surface area contributed by atoms with Crippen molar-refractivity contribution in [3.63, 3.8) is 0 Å².